The van der Waals surface area contributed by atoms with Crippen LogP contribution in [0.1, 0.15) is 74.1 Å². The number of quaternary nitrogens is 1. The molecule has 0 aromatic carbocycles. The van der Waals surface area contributed by atoms with Crippen LogP contribution >= 0.6 is 0 Å². The molecule has 114 valence electrons. The van der Waals surface area contributed by atoms with Crippen molar-refractivity contribution in [3.05, 3.63) is 0 Å². The van der Waals surface area contributed by atoms with Crippen LogP contribution in [0.25, 0.3) is 0 Å². The summed E-state index contributed by atoms with van der Waals surface area (Å²) in [4.78, 5) is 0. The molecular formula is C18H38N+. The minimum Gasteiger partial charge on any atom is -0.319 e. The Bertz CT molecular complexity index is 248. The number of hydrogen-bond donors (Lipinski definition) is 0. The number of nitrogens with zero attached hydrogens (tertiary/aromatic N) is 1. The Morgan fingerprint density at radius 2 is 1.05 bits per heavy atom. The average molecular weight is 269 g/mol. The van der Waals surface area contributed by atoms with E-state index < -0.39 is 0 Å². The van der Waals surface area contributed by atoms with Crippen molar-refractivity contribution >= 4 is 0 Å². The minimum absolute atomic E-state index is 0.792. The van der Waals surface area contributed by atoms with Gasteiger partial charge in [-0.05, 0) is 45.4 Å². The van der Waals surface area contributed by atoms with Crippen molar-refractivity contribution in [3.63, 3.8) is 0 Å². The van der Waals surface area contributed by atoms with Gasteiger partial charge in [-0.25, -0.2) is 0 Å². The van der Waals surface area contributed by atoms with E-state index in [1.165, 1.54) is 43.3 Å². The lowest BCUT2D eigenvalue weighted by Gasteiger charge is -2.51. The van der Waals surface area contributed by atoms with Crippen LogP contribution in [0.2, 0.25) is 0 Å². The van der Waals surface area contributed by atoms with E-state index in [1.807, 2.05) is 0 Å². The van der Waals surface area contributed by atoms with Crippen LogP contribution in [-0.4, -0.2) is 29.7 Å². The van der Waals surface area contributed by atoms with Gasteiger partial charge < -0.3 is 4.48 Å². The fourth-order valence-corrected chi connectivity index (χ4v) is 4.08. The number of rotatable bonds is 5. The maximum atomic E-state index is 2.54. The van der Waals surface area contributed by atoms with Crippen LogP contribution < -0.4 is 0 Å². The molecule has 1 aliphatic rings. The molecule has 3 atom stereocenters. The third kappa shape index (κ3) is 3.74. The standard InChI is InChI=1S/C18H38N/c1-14(2)16(5)18(7)19(17(6)15(3)4)12-10-8-9-11-13-19/h14-18H,8-13H2,1-7H3/q+1. The predicted octanol–water partition coefficient (Wildman–Crippen LogP) is 5.10. The van der Waals surface area contributed by atoms with Crippen LogP contribution in [-0.2, 0) is 0 Å². The molecule has 19 heavy (non-hydrogen) atoms. The van der Waals surface area contributed by atoms with Crippen molar-refractivity contribution in [1.29, 1.82) is 0 Å². The smallest absolute Gasteiger partial charge is 0.0892 e. The second-order valence-corrected chi connectivity index (χ2v) is 7.79. The fraction of sp³-hybridized carbons (Fsp3) is 1.00. The Morgan fingerprint density at radius 1 is 0.579 bits per heavy atom. The summed E-state index contributed by atoms with van der Waals surface area (Å²) in [6, 6.07) is 1.60. The van der Waals surface area contributed by atoms with Crippen molar-refractivity contribution in [1.82, 2.24) is 0 Å². The molecule has 0 aromatic rings. The van der Waals surface area contributed by atoms with Gasteiger partial charge in [-0.3, -0.25) is 0 Å². The summed E-state index contributed by atoms with van der Waals surface area (Å²) in [7, 11) is 0. The third-order valence-electron chi connectivity index (χ3n) is 6.30. The Hall–Kier alpha value is -0.0400. The lowest BCUT2D eigenvalue weighted by atomic mass is 9.85. The molecule has 1 fully saturated rings. The first-order valence-electron chi connectivity index (χ1n) is 8.69. The predicted molar refractivity (Wildman–Crippen MR) is 86.2 cm³/mol. The zero-order valence-corrected chi connectivity index (χ0v) is 14.6. The van der Waals surface area contributed by atoms with Crippen LogP contribution in [0.4, 0.5) is 0 Å². The molecule has 0 aliphatic carbocycles. The van der Waals surface area contributed by atoms with Crippen molar-refractivity contribution in [2.24, 2.45) is 17.8 Å². The van der Waals surface area contributed by atoms with Crippen LogP contribution in [0.3, 0.4) is 0 Å². The molecule has 0 saturated carbocycles. The molecule has 1 aliphatic heterocycles. The highest BCUT2D eigenvalue weighted by atomic mass is 15.4. The summed E-state index contributed by atoms with van der Waals surface area (Å²) in [6.07, 6.45) is 5.78. The summed E-state index contributed by atoms with van der Waals surface area (Å²) in [6.45, 7) is 20.0. The second kappa shape index (κ2) is 7.11. The lowest BCUT2D eigenvalue weighted by Crippen LogP contribution is -2.63. The second-order valence-electron chi connectivity index (χ2n) is 7.79. The van der Waals surface area contributed by atoms with E-state index in [0.29, 0.717) is 0 Å². The summed E-state index contributed by atoms with van der Waals surface area (Å²) in [5, 5.41) is 0. The largest absolute Gasteiger partial charge is 0.319 e. The zero-order chi connectivity index (χ0) is 14.6. The van der Waals surface area contributed by atoms with E-state index in [4.69, 9.17) is 0 Å². The van der Waals surface area contributed by atoms with Gasteiger partial charge in [0.2, 0.25) is 0 Å². The maximum Gasteiger partial charge on any atom is 0.0892 e. The summed E-state index contributed by atoms with van der Waals surface area (Å²) in [5.41, 5.74) is 0. The summed E-state index contributed by atoms with van der Waals surface area (Å²) in [5.74, 6) is 2.41. The molecule has 0 radical (unpaired) electrons. The molecule has 0 aromatic heterocycles. The molecule has 1 heterocycles. The van der Waals surface area contributed by atoms with E-state index in [-0.39, 0.29) is 0 Å². The number of likely N-dealkylation sites (tertiary alicyclic amines) is 1. The fourth-order valence-electron chi connectivity index (χ4n) is 4.08. The third-order valence-corrected chi connectivity index (χ3v) is 6.30. The van der Waals surface area contributed by atoms with Gasteiger partial charge >= 0.3 is 0 Å². The SMILES string of the molecule is CC(C)C(C)C(C)[N+]1(C(C)C(C)C)CCCCCC1. The van der Waals surface area contributed by atoms with E-state index >= 15 is 0 Å². The van der Waals surface area contributed by atoms with Crippen molar-refractivity contribution < 1.29 is 4.48 Å². The summed E-state index contributed by atoms with van der Waals surface area (Å²) >= 11 is 0. The molecule has 0 spiro atoms. The Morgan fingerprint density at radius 3 is 1.42 bits per heavy atom. The molecule has 1 nitrogen and oxygen atoms in total. The first-order valence-corrected chi connectivity index (χ1v) is 8.69. The van der Waals surface area contributed by atoms with Gasteiger partial charge in [0.15, 0.2) is 0 Å². The van der Waals surface area contributed by atoms with Gasteiger partial charge in [0.05, 0.1) is 25.2 Å². The quantitative estimate of drug-likeness (QED) is 0.608. The molecular weight excluding hydrogens is 230 g/mol. The zero-order valence-electron chi connectivity index (χ0n) is 14.6. The van der Waals surface area contributed by atoms with Gasteiger partial charge in [0.1, 0.15) is 0 Å². The molecule has 0 N–H and O–H groups in total. The Labute approximate surface area is 122 Å². The van der Waals surface area contributed by atoms with Gasteiger partial charge in [0.25, 0.3) is 0 Å². The summed E-state index contributed by atoms with van der Waals surface area (Å²) < 4.78 is 1.39. The maximum absolute atomic E-state index is 2.54. The first-order chi connectivity index (χ1) is 8.83. The van der Waals surface area contributed by atoms with Crippen molar-refractivity contribution in [2.45, 2.75) is 86.2 Å². The highest BCUT2D eigenvalue weighted by Gasteiger charge is 2.43. The minimum atomic E-state index is 0.792. The van der Waals surface area contributed by atoms with Crippen molar-refractivity contribution in [2.75, 3.05) is 13.1 Å². The topological polar surface area (TPSA) is 0 Å². The van der Waals surface area contributed by atoms with E-state index in [2.05, 4.69) is 48.5 Å². The monoisotopic (exact) mass is 268 g/mol. The van der Waals surface area contributed by atoms with Crippen LogP contribution in [0.5, 0.6) is 0 Å². The normalized spacial score (nSPS) is 25.1. The van der Waals surface area contributed by atoms with Crippen LogP contribution in [0, 0.1) is 17.8 Å². The molecule has 3 unspecified atom stereocenters. The molecule has 0 amide bonds. The molecule has 1 heteroatoms. The molecule has 0 bridgehead atoms. The number of hydrogen-bond acceptors (Lipinski definition) is 0. The Kier molecular flexibility index (Phi) is 6.36. The van der Waals surface area contributed by atoms with E-state index in [1.54, 1.807) is 0 Å². The van der Waals surface area contributed by atoms with E-state index in [0.717, 1.165) is 29.8 Å². The van der Waals surface area contributed by atoms with Gasteiger partial charge in [-0.2, -0.15) is 0 Å². The lowest BCUT2D eigenvalue weighted by molar-refractivity contribution is -0.976. The van der Waals surface area contributed by atoms with E-state index in [9.17, 15) is 0 Å². The molecule has 1 saturated heterocycles. The van der Waals surface area contributed by atoms with Gasteiger partial charge in [-0.1, -0.05) is 34.6 Å². The average Bonchev–Trinajstić information content (AvgIpc) is 2.62. The highest BCUT2D eigenvalue weighted by molar-refractivity contribution is 4.73. The van der Waals surface area contributed by atoms with Crippen LogP contribution in [0.15, 0.2) is 0 Å². The Balaban J connectivity index is 3.02. The van der Waals surface area contributed by atoms with Crippen molar-refractivity contribution in [3.8, 4) is 0 Å². The van der Waals surface area contributed by atoms with Gasteiger partial charge in [0, 0.05) is 11.8 Å². The molecule has 1 rings (SSSR count). The first kappa shape index (κ1) is 17.0. The highest BCUT2D eigenvalue weighted by Crippen LogP contribution is 2.34. The van der Waals surface area contributed by atoms with Gasteiger partial charge in [-0.15, -0.1) is 0 Å².